The van der Waals surface area contributed by atoms with Gasteiger partial charge in [0.05, 0.1) is 18.7 Å². The first-order valence-electron chi connectivity index (χ1n) is 9.06. The quantitative estimate of drug-likeness (QED) is 0.726. The third-order valence-corrected chi connectivity index (χ3v) is 5.31. The number of amides is 2. The fourth-order valence-corrected chi connectivity index (χ4v) is 3.71. The molecule has 1 aromatic heterocycles. The highest BCUT2D eigenvalue weighted by Gasteiger charge is 2.40. The van der Waals surface area contributed by atoms with Crippen LogP contribution in [0.25, 0.3) is 11.4 Å². The van der Waals surface area contributed by atoms with Crippen molar-refractivity contribution >= 4 is 23.4 Å². The second-order valence-corrected chi connectivity index (χ2v) is 7.23. The number of halogens is 4. The van der Waals surface area contributed by atoms with Crippen LogP contribution in [0.3, 0.4) is 0 Å². The van der Waals surface area contributed by atoms with Crippen molar-refractivity contribution < 1.29 is 32.0 Å². The van der Waals surface area contributed by atoms with Crippen molar-refractivity contribution in [2.75, 3.05) is 19.1 Å². The molecule has 2 amide bonds. The van der Waals surface area contributed by atoms with Gasteiger partial charge in [-0.15, -0.1) is 11.6 Å². The Morgan fingerprint density at radius 2 is 2.17 bits per heavy atom. The largest absolute Gasteiger partial charge is 0.471 e. The summed E-state index contributed by atoms with van der Waals surface area (Å²) in [5.41, 5.74) is 1.27. The maximum Gasteiger partial charge on any atom is 0.471 e. The lowest BCUT2D eigenvalue weighted by Gasteiger charge is -2.37. The normalized spacial score (nSPS) is 21.6. The van der Waals surface area contributed by atoms with Crippen LogP contribution in [0.2, 0.25) is 0 Å². The Balaban J connectivity index is 1.57. The van der Waals surface area contributed by atoms with Crippen molar-refractivity contribution in [1.29, 1.82) is 0 Å². The Morgan fingerprint density at radius 1 is 1.37 bits per heavy atom. The summed E-state index contributed by atoms with van der Waals surface area (Å²) >= 11 is 5.57. The Morgan fingerprint density at radius 3 is 2.87 bits per heavy atom. The zero-order chi connectivity index (χ0) is 21.5. The summed E-state index contributed by atoms with van der Waals surface area (Å²) in [6, 6.07) is 3.91. The number of ether oxygens (including phenoxy) is 1. The van der Waals surface area contributed by atoms with Crippen LogP contribution in [0, 0.1) is 0 Å². The minimum absolute atomic E-state index is 0.188. The number of hydrogen-bond acceptors (Lipinski definition) is 6. The van der Waals surface area contributed by atoms with Crippen molar-refractivity contribution in [2.45, 2.75) is 31.2 Å². The van der Waals surface area contributed by atoms with E-state index in [9.17, 15) is 22.8 Å². The number of hydrogen-bond donors (Lipinski definition) is 1. The number of fused-ring (bicyclic) bond motifs is 1. The first-order valence-corrected chi connectivity index (χ1v) is 9.59. The third-order valence-electron chi connectivity index (χ3n) is 5.06. The number of carbonyl (C=O) groups excluding carboxylic acids is 2. The topological polar surface area (TPSA) is 97.6 Å². The number of aromatic nitrogens is 2. The van der Waals surface area contributed by atoms with Crippen LogP contribution < -0.4 is 5.32 Å². The van der Waals surface area contributed by atoms with Gasteiger partial charge in [0.2, 0.25) is 11.7 Å². The van der Waals surface area contributed by atoms with Gasteiger partial charge in [0.1, 0.15) is 5.88 Å². The van der Waals surface area contributed by atoms with E-state index in [0.717, 1.165) is 0 Å². The number of carbonyl (C=O) groups is 2. The molecule has 1 fully saturated rings. The summed E-state index contributed by atoms with van der Waals surface area (Å²) in [4.78, 5) is 29.7. The van der Waals surface area contributed by atoms with E-state index >= 15 is 0 Å². The highest BCUT2D eigenvalue weighted by atomic mass is 35.5. The highest BCUT2D eigenvalue weighted by molar-refractivity contribution is 6.27. The second-order valence-electron chi connectivity index (χ2n) is 6.96. The summed E-state index contributed by atoms with van der Waals surface area (Å²) in [6.07, 6.45) is -4.22. The van der Waals surface area contributed by atoms with Crippen LogP contribution >= 0.6 is 11.6 Å². The average molecular weight is 445 g/mol. The molecule has 2 aliphatic heterocycles. The van der Waals surface area contributed by atoms with E-state index in [0.29, 0.717) is 24.2 Å². The van der Waals surface area contributed by atoms with Crippen LogP contribution in [-0.4, -0.2) is 58.0 Å². The molecule has 1 unspecified atom stereocenters. The van der Waals surface area contributed by atoms with E-state index in [1.54, 1.807) is 11.0 Å². The maximum atomic E-state index is 13.0. The molecular weight excluding hydrogens is 429 g/mol. The van der Waals surface area contributed by atoms with Gasteiger partial charge in [-0.2, -0.15) is 18.2 Å². The number of benzene rings is 1. The molecule has 1 N–H and O–H groups in total. The lowest BCUT2D eigenvalue weighted by Crippen LogP contribution is -2.56. The lowest BCUT2D eigenvalue weighted by molar-refractivity contribution is -0.159. The van der Waals surface area contributed by atoms with Crippen LogP contribution in [0.15, 0.2) is 22.7 Å². The third kappa shape index (κ3) is 3.86. The van der Waals surface area contributed by atoms with E-state index in [4.69, 9.17) is 16.3 Å². The monoisotopic (exact) mass is 444 g/mol. The average Bonchev–Trinajstić information content (AvgIpc) is 3.34. The van der Waals surface area contributed by atoms with Crippen molar-refractivity contribution in [3.8, 4) is 11.4 Å². The first-order chi connectivity index (χ1) is 14.3. The molecular formula is C18H16ClF3N4O4. The van der Waals surface area contributed by atoms with Gasteiger partial charge in [-0.05, 0) is 18.1 Å². The van der Waals surface area contributed by atoms with Gasteiger partial charge < -0.3 is 19.5 Å². The van der Waals surface area contributed by atoms with Crippen molar-refractivity contribution in [1.82, 2.24) is 20.4 Å². The Hall–Kier alpha value is -2.66. The fourth-order valence-electron chi connectivity index (χ4n) is 3.63. The second kappa shape index (κ2) is 7.88. The van der Waals surface area contributed by atoms with E-state index in [1.807, 2.05) is 0 Å². The maximum absolute atomic E-state index is 13.0. The van der Waals surface area contributed by atoms with Gasteiger partial charge in [-0.1, -0.05) is 17.3 Å². The predicted octanol–water partition coefficient (Wildman–Crippen LogP) is 2.22. The fraction of sp³-hybridized carbons (Fsp3) is 0.444. The van der Waals surface area contributed by atoms with Gasteiger partial charge in [0.15, 0.2) is 0 Å². The van der Waals surface area contributed by atoms with E-state index in [2.05, 4.69) is 20.0 Å². The predicted molar refractivity (Wildman–Crippen MR) is 96.5 cm³/mol. The number of rotatable bonds is 4. The molecule has 2 aliphatic rings. The molecule has 1 saturated heterocycles. The zero-order valence-corrected chi connectivity index (χ0v) is 16.2. The van der Waals surface area contributed by atoms with E-state index < -0.39 is 18.1 Å². The van der Waals surface area contributed by atoms with Crippen LogP contribution in [-0.2, 0) is 22.3 Å². The lowest BCUT2D eigenvalue weighted by atomic mass is 10.0. The summed E-state index contributed by atoms with van der Waals surface area (Å²) in [7, 11) is 0. The molecule has 12 heteroatoms. The Labute approximate surface area is 173 Å². The molecule has 3 heterocycles. The van der Waals surface area contributed by atoms with Gasteiger partial charge >= 0.3 is 12.1 Å². The molecule has 30 heavy (non-hydrogen) atoms. The van der Waals surface area contributed by atoms with Crippen LogP contribution in [0.5, 0.6) is 0 Å². The minimum atomic E-state index is -4.75. The number of alkyl halides is 4. The molecule has 8 nitrogen and oxygen atoms in total. The SMILES string of the molecule is O=C(CCl)N[C@H]1CCOCC1N1Cc2ccc(-c3noc(C(F)(F)F)n3)cc2C1=O. The standard InChI is InChI=1S/C18H16ClF3N4O4/c19-6-14(27)23-12-3-4-29-8-13(12)26-7-10-2-1-9(5-11(10)16(26)28)15-24-17(30-25-15)18(20,21)22/h1-2,5,12-13H,3-4,6-8H2,(H,23,27)/t12-,13?/m0/s1. The summed E-state index contributed by atoms with van der Waals surface area (Å²) in [5, 5.41) is 6.17. The summed E-state index contributed by atoms with van der Waals surface area (Å²) in [5.74, 6) is -2.55. The molecule has 4 rings (SSSR count). The molecule has 0 aliphatic carbocycles. The van der Waals surface area contributed by atoms with E-state index in [-0.39, 0.29) is 48.3 Å². The van der Waals surface area contributed by atoms with Crippen molar-refractivity contribution in [3.05, 3.63) is 35.2 Å². The summed E-state index contributed by atoms with van der Waals surface area (Å²) in [6.45, 7) is 0.984. The molecule has 2 aromatic rings. The van der Waals surface area contributed by atoms with Crippen molar-refractivity contribution in [2.24, 2.45) is 0 Å². The number of nitrogens with one attached hydrogen (secondary N) is 1. The Kier molecular flexibility index (Phi) is 5.41. The van der Waals surface area contributed by atoms with Crippen LogP contribution in [0.4, 0.5) is 13.2 Å². The molecule has 0 saturated carbocycles. The molecule has 160 valence electrons. The van der Waals surface area contributed by atoms with Crippen LogP contribution in [0.1, 0.15) is 28.2 Å². The van der Waals surface area contributed by atoms with Gasteiger partial charge in [-0.25, -0.2) is 0 Å². The molecule has 0 bridgehead atoms. The van der Waals surface area contributed by atoms with Crippen molar-refractivity contribution in [3.63, 3.8) is 0 Å². The van der Waals surface area contributed by atoms with Gasteiger partial charge in [0, 0.05) is 24.3 Å². The molecule has 0 radical (unpaired) electrons. The number of nitrogens with zero attached hydrogens (tertiary/aromatic N) is 3. The minimum Gasteiger partial charge on any atom is -0.379 e. The van der Waals surface area contributed by atoms with E-state index in [1.165, 1.54) is 12.1 Å². The molecule has 2 atom stereocenters. The highest BCUT2D eigenvalue weighted by Crippen LogP contribution is 2.33. The van der Waals surface area contributed by atoms with Gasteiger partial charge in [0.25, 0.3) is 5.91 Å². The van der Waals surface area contributed by atoms with Gasteiger partial charge in [-0.3, -0.25) is 9.59 Å². The molecule has 1 aromatic carbocycles. The molecule has 0 spiro atoms. The summed E-state index contributed by atoms with van der Waals surface area (Å²) < 4.78 is 47.9. The smallest absolute Gasteiger partial charge is 0.379 e. The zero-order valence-electron chi connectivity index (χ0n) is 15.4. The Bertz CT molecular complexity index is 981. The first kappa shape index (κ1) is 20.6.